The van der Waals surface area contributed by atoms with E-state index in [0.29, 0.717) is 12.0 Å². The van der Waals surface area contributed by atoms with Gasteiger partial charge in [0.2, 0.25) is 0 Å². The molecule has 2 N–H and O–H groups in total. The molecule has 3 nitrogen and oxygen atoms in total. The molecule has 0 aliphatic heterocycles. The van der Waals surface area contributed by atoms with Gasteiger partial charge in [0.15, 0.2) is 0 Å². The number of H-pyrrole nitrogens is 1. The predicted octanol–water partition coefficient (Wildman–Crippen LogP) is 3.14. The van der Waals surface area contributed by atoms with Crippen molar-refractivity contribution < 1.29 is 0 Å². The molecule has 1 aromatic heterocycles. The van der Waals surface area contributed by atoms with Crippen LogP contribution in [0.2, 0.25) is 0 Å². The zero-order valence-electron chi connectivity index (χ0n) is 10.7. The molecule has 0 saturated heterocycles. The van der Waals surface area contributed by atoms with Gasteiger partial charge < -0.3 is 5.32 Å². The van der Waals surface area contributed by atoms with E-state index < -0.39 is 0 Å². The molecule has 0 spiro atoms. The largest absolute Gasteiger partial charge is 0.306 e. The van der Waals surface area contributed by atoms with Crippen molar-refractivity contribution in [3.63, 3.8) is 0 Å². The first-order valence-electron chi connectivity index (χ1n) is 6.64. The fraction of sp³-hybridized carbons (Fsp3) is 0.400. The molecule has 0 bridgehead atoms. The van der Waals surface area contributed by atoms with Gasteiger partial charge in [-0.15, -0.1) is 0 Å². The average molecular weight is 241 g/mol. The molecule has 94 valence electrons. The maximum atomic E-state index is 3.98. The van der Waals surface area contributed by atoms with E-state index in [1.165, 1.54) is 29.5 Å². The standard InChI is InChI=1S/C15H19N3/c1-11-6-7-15(14-5-3-2-4-13(11)14)16-8-12-9-17-18-10-12/h2-5,9-11,15-16H,6-8H2,1H3,(H,17,18). The molecule has 0 amide bonds. The zero-order valence-corrected chi connectivity index (χ0v) is 10.7. The van der Waals surface area contributed by atoms with Gasteiger partial charge in [0.25, 0.3) is 0 Å². The van der Waals surface area contributed by atoms with Gasteiger partial charge in [0.05, 0.1) is 6.20 Å². The normalized spacial score (nSPS) is 22.7. The molecule has 2 unspecified atom stereocenters. The maximum absolute atomic E-state index is 3.98. The smallest absolute Gasteiger partial charge is 0.0532 e. The fourth-order valence-corrected chi connectivity index (χ4v) is 2.83. The maximum Gasteiger partial charge on any atom is 0.0532 e. The van der Waals surface area contributed by atoms with E-state index in [0.717, 1.165) is 6.54 Å². The molecule has 0 fully saturated rings. The highest BCUT2D eigenvalue weighted by atomic mass is 15.1. The molecule has 1 aromatic carbocycles. The molecular formula is C15H19N3. The minimum absolute atomic E-state index is 0.479. The topological polar surface area (TPSA) is 40.7 Å². The van der Waals surface area contributed by atoms with Gasteiger partial charge in [0.1, 0.15) is 0 Å². The van der Waals surface area contributed by atoms with Crippen molar-refractivity contribution in [2.75, 3.05) is 0 Å². The van der Waals surface area contributed by atoms with E-state index in [4.69, 9.17) is 0 Å². The summed E-state index contributed by atoms with van der Waals surface area (Å²) in [7, 11) is 0. The van der Waals surface area contributed by atoms with Crippen LogP contribution in [0.1, 0.15) is 48.4 Å². The highest BCUT2D eigenvalue weighted by Crippen LogP contribution is 2.36. The Morgan fingerprint density at radius 3 is 2.89 bits per heavy atom. The minimum atomic E-state index is 0.479. The molecule has 3 rings (SSSR count). The lowest BCUT2D eigenvalue weighted by molar-refractivity contribution is 0.431. The molecule has 0 saturated carbocycles. The molecule has 2 atom stereocenters. The Balaban J connectivity index is 1.76. The molecule has 18 heavy (non-hydrogen) atoms. The van der Waals surface area contributed by atoms with Crippen LogP contribution in [0.4, 0.5) is 0 Å². The highest BCUT2D eigenvalue weighted by molar-refractivity contribution is 5.35. The molecule has 3 heteroatoms. The van der Waals surface area contributed by atoms with E-state index in [-0.39, 0.29) is 0 Å². The summed E-state index contributed by atoms with van der Waals surface area (Å²) < 4.78 is 0. The lowest BCUT2D eigenvalue weighted by Crippen LogP contribution is -2.25. The van der Waals surface area contributed by atoms with Crippen LogP contribution < -0.4 is 5.32 Å². The molecule has 0 radical (unpaired) electrons. The summed E-state index contributed by atoms with van der Waals surface area (Å²) in [4.78, 5) is 0. The summed E-state index contributed by atoms with van der Waals surface area (Å²) in [5, 5.41) is 10.5. The van der Waals surface area contributed by atoms with Crippen molar-refractivity contribution >= 4 is 0 Å². The Bertz CT molecular complexity index is 504. The Kier molecular flexibility index (Phi) is 3.15. The van der Waals surface area contributed by atoms with Crippen LogP contribution in [0.15, 0.2) is 36.7 Å². The summed E-state index contributed by atoms with van der Waals surface area (Å²) in [5.74, 6) is 0.688. The van der Waals surface area contributed by atoms with Crippen LogP contribution in [-0.4, -0.2) is 10.2 Å². The Labute approximate surface area is 108 Å². The lowest BCUT2D eigenvalue weighted by Gasteiger charge is -2.30. The first-order chi connectivity index (χ1) is 8.84. The number of fused-ring (bicyclic) bond motifs is 1. The van der Waals surface area contributed by atoms with Gasteiger partial charge in [-0.2, -0.15) is 5.10 Å². The summed E-state index contributed by atoms with van der Waals surface area (Å²) >= 11 is 0. The van der Waals surface area contributed by atoms with Gasteiger partial charge in [-0.1, -0.05) is 31.2 Å². The molecule has 1 aliphatic carbocycles. The second-order valence-electron chi connectivity index (χ2n) is 5.15. The Morgan fingerprint density at radius 2 is 2.11 bits per heavy atom. The second kappa shape index (κ2) is 4.94. The molecular weight excluding hydrogens is 222 g/mol. The van der Waals surface area contributed by atoms with E-state index in [2.05, 4.69) is 46.7 Å². The van der Waals surface area contributed by atoms with Crippen LogP contribution in [0, 0.1) is 0 Å². The van der Waals surface area contributed by atoms with Crippen molar-refractivity contribution in [3.05, 3.63) is 53.3 Å². The Hall–Kier alpha value is -1.61. The number of nitrogens with zero attached hydrogens (tertiary/aromatic N) is 1. The molecule has 2 aromatic rings. The third kappa shape index (κ3) is 2.18. The summed E-state index contributed by atoms with van der Waals surface area (Å²) in [6.45, 7) is 3.20. The van der Waals surface area contributed by atoms with E-state index in [1.807, 2.05) is 12.4 Å². The summed E-state index contributed by atoms with van der Waals surface area (Å²) in [6, 6.07) is 9.30. The van der Waals surface area contributed by atoms with E-state index >= 15 is 0 Å². The van der Waals surface area contributed by atoms with Crippen LogP contribution in [-0.2, 0) is 6.54 Å². The zero-order chi connectivity index (χ0) is 12.4. The van der Waals surface area contributed by atoms with Gasteiger partial charge in [-0.3, -0.25) is 5.10 Å². The summed E-state index contributed by atoms with van der Waals surface area (Å²) in [5.41, 5.74) is 4.19. The van der Waals surface area contributed by atoms with Crippen LogP contribution >= 0.6 is 0 Å². The first-order valence-corrected chi connectivity index (χ1v) is 6.64. The molecule has 1 aliphatic rings. The number of hydrogen-bond acceptors (Lipinski definition) is 2. The van der Waals surface area contributed by atoms with Crippen molar-refractivity contribution in [2.24, 2.45) is 0 Å². The van der Waals surface area contributed by atoms with Crippen LogP contribution in [0.3, 0.4) is 0 Å². The molecule has 1 heterocycles. The number of hydrogen-bond donors (Lipinski definition) is 2. The Morgan fingerprint density at radius 1 is 1.28 bits per heavy atom. The number of aromatic nitrogens is 2. The SMILES string of the molecule is CC1CCC(NCc2cn[nH]c2)c2ccccc21. The first kappa shape index (κ1) is 11.5. The van der Waals surface area contributed by atoms with Crippen LogP contribution in [0.25, 0.3) is 0 Å². The van der Waals surface area contributed by atoms with Crippen molar-refractivity contribution in [2.45, 2.75) is 38.3 Å². The van der Waals surface area contributed by atoms with Crippen molar-refractivity contribution in [3.8, 4) is 0 Å². The average Bonchev–Trinajstić information content (AvgIpc) is 2.92. The van der Waals surface area contributed by atoms with E-state index in [1.54, 1.807) is 0 Å². The van der Waals surface area contributed by atoms with Crippen molar-refractivity contribution in [1.29, 1.82) is 0 Å². The van der Waals surface area contributed by atoms with Gasteiger partial charge in [0, 0.05) is 24.3 Å². The third-order valence-electron chi connectivity index (χ3n) is 3.90. The third-order valence-corrected chi connectivity index (χ3v) is 3.90. The second-order valence-corrected chi connectivity index (χ2v) is 5.15. The number of aromatic amines is 1. The summed E-state index contributed by atoms with van der Waals surface area (Å²) in [6.07, 6.45) is 6.31. The van der Waals surface area contributed by atoms with E-state index in [9.17, 15) is 0 Å². The lowest BCUT2D eigenvalue weighted by atomic mass is 9.81. The minimum Gasteiger partial charge on any atom is -0.306 e. The number of rotatable bonds is 3. The van der Waals surface area contributed by atoms with Gasteiger partial charge in [-0.05, 0) is 29.9 Å². The quantitative estimate of drug-likeness (QED) is 0.866. The monoisotopic (exact) mass is 241 g/mol. The fourth-order valence-electron chi connectivity index (χ4n) is 2.83. The number of benzene rings is 1. The highest BCUT2D eigenvalue weighted by Gasteiger charge is 2.23. The predicted molar refractivity (Wildman–Crippen MR) is 72.3 cm³/mol. The van der Waals surface area contributed by atoms with Crippen molar-refractivity contribution in [1.82, 2.24) is 15.5 Å². The number of nitrogens with one attached hydrogen (secondary N) is 2. The van der Waals surface area contributed by atoms with Crippen LogP contribution in [0.5, 0.6) is 0 Å². The van der Waals surface area contributed by atoms with Gasteiger partial charge in [-0.25, -0.2) is 0 Å². The van der Waals surface area contributed by atoms with Gasteiger partial charge >= 0.3 is 0 Å².